The van der Waals surface area contributed by atoms with Crippen molar-refractivity contribution in [3.05, 3.63) is 65.2 Å². The predicted molar refractivity (Wildman–Crippen MR) is 125 cm³/mol. The van der Waals surface area contributed by atoms with Crippen LogP contribution in [0.15, 0.2) is 48.5 Å². The summed E-state index contributed by atoms with van der Waals surface area (Å²) in [6.07, 6.45) is 1.23. The summed E-state index contributed by atoms with van der Waals surface area (Å²) in [5.74, 6) is -0.531. The number of sulfonamides is 1. The van der Waals surface area contributed by atoms with Gasteiger partial charge in [-0.05, 0) is 43.7 Å². The molecule has 1 saturated heterocycles. The highest BCUT2D eigenvalue weighted by Gasteiger charge is 2.23. The molecule has 32 heavy (non-hydrogen) atoms. The molecule has 2 amide bonds. The summed E-state index contributed by atoms with van der Waals surface area (Å²) in [5, 5.41) is 5.69. The zero-order chi connectivity index (χ0) is 23.3. The number of nitrogens with one attached hydrogen (secondary N) is 2. The van der Waals surface area contributed by atoms with Gasteiger partial charge in [0.1, 0.15) is 0 Å². The lowest BCUT2D eigenvalue weighted by molar-refractivity contribution is 0.0944. The molecule has 2 aromatic carbocycles. The van der Waals surface area contributed by atoms with Crippen LogP contribution in [0.1, 0.15) is 40.1 Å². The van der Waals surface area contributed by atoms with Crippen LogP contribution in [-0.4, -0.2) is 67.9 Å². The van der Waals surface area contributed by atoms with Gasteiger partial charge in [0.2, 0.25) is 10.0 Å². The van der Waals surface area contributed by atoms with E-state index < -0.39 is 10.0 Å². The minimum absolute atomic E-state index is 0.0118. The topological polar surface area (TPSA) is 98.8 Å². The number of carbonyl (C=O) groups excluding carboxylic acids is 2. The van der Waals surface area contributed by atoms with Crippen molar-refractivity contribution in [2.75, 3.05) is 37.8 Å². The average molecular weight is 459 g/mol. The minimum Gasteiger partial charge on any atom is -0.350 e. The van der Waals surface area contributed by atoms with Crippen molar-refractivity contribution in [1.82, 2.24) is 14.5 Å². The molecule has 1 heterocycles. The molecular weight excluding hydrogens is 428 g/mol. The zero-order valence-electron chi connectivity index (χ0n) is 18.7. The number of piperazine rings is 1. The summed E-state index contributed by atoms with van der Waals surface area (Å²) in [7, 11) is -3.16. The lowest BCUT2D eigenvalue weighted by Gasteiger charge is -2.33. The smallest absolute Gasteiger partial charge is 0.255 e. The maximum atomic E-state index is 12.9. The third-order valence-electron chi connectivity index (χ3n) is 5.24. The Morgan fingerprint density at radius 3 is 2.31 bits per heavy atom. The maximum Gasteiger partial charge on any atom is 0.255 e. The number of para-hydroxylation sites is 1. The predicted octanol–water partition coefficient (Wildman–Crippen LogP) is 2.15. The van der Waals surface area contributed by atoms with Gasteiger partial charge >= 0.3 is 0 Å². The Kier molecular flexibility index (Phi) is 7.65. The summed E-state index contributed by atoms with van der Waals surface area (Å²) in [6, 6.07) is 14.2. The highest BCUT2D eigenvalue weighted by Crippen LogP contribution is 2.18. The molecule has 1 aliphatic rings. The molecule has 1 fully saturated rings. The Labute approximate surface area is 189 Å². The van der Waals surface area contributed by atoms with Crippen LogP contribution in [0.25, 0.3) is 0 Å². The average Bonchev–Trinajstić information content (AvgIpc) is 2.73. The molecule has 2 N–H and O–H groups in total. The normalized spacial score (nSPS) is 15.5. The van der Waals surface area contributed by atoms with Crippen molar-refractivity contribution < 1.29 is 18.0 Å². The highest BCUT2D eigenvalue weighted by atomic mass is 32.2. The fraction of sp³-hybridized carbons (Fsp3) is 0.391. The Balaban J connectivity index is 1.66. The van der Waals surface area contributed by atoms with Crippen molar-refractivity contribution in [1.29, 1.82) is 0 Å². The van der Waals surface area contributed by atoms with Crippen molar-refractivity contribution in [2.24, 2.45) is 0 Å². The van der Waals surface area contributed by atoms with Crippen LogP contribution in [0.2, 0.25) is 0 Å². The third kappa shape index (κ3) is 6.38. The van der Waals surface area contributed by atoms with E-state index >= 15 is 0 Å². The number of hydrogen-bond donors (Lipinski definition) is 2. The van der Waals surface area contributed by atoms with Crippen LogP contribution in [0.3, 0.4) is 0 Å². The molecule has 0 saturated carbocycles. The molecule has 3 rings (SSSR count). The molecule has 0 radical (unpaired) electrons. The van der Waals surface area contributed by atoms with Gasteiger partial charge in [0, 0.05) is 44.3 Å². The van der Waals surface area contributed by atoms with Crippen LogP contribution in [0, 0.1) is 0 Å². The molecule has 0 unspecified atom stereocenters. The quantitative estimate of drug-likeness (QED) is 0.663. The van der Waals surface area contributed by atoms with Crippen LogP contribution < -0.4 is 10.6 Å². The molecular formula is C23H30N4O4S. The first-order valence-corrected chi connectivity index (χ1v) is 12.5. The highest BCUT2D eigenvalue weighted by molar-refractivity contribution is 7.88. The molecule has 9 heteroatoms. The Morgan fingerprint density at radius 2 is 1.66 bits per heavy atom. The molecule has 172 valence electrons. The number of carbonyl (C=O) groups is 2. The molecule has 0 atom stereocenters. The van der Waals surface area contributed by atoms with Gasteiger partial charge in [-0.25, -0.2) is 8.42 Å². The second-order valence-electron chi connectivity index (χ2n) is 8.27. The zero-order valence-corrected chi connectivity index (χ0v) is 19.5. The summed E-state index contributed by atoms with van der Waals surface area (Å²) in [6.45, 7) is 6.61. The SMILES string of the molecule is CC(C)NC(=O)c1ccccc1NC(=O)c1cccc(CN2CCN(S(C)(=O)=O)CC2)c1. The second kappa shape index (κ2) is 10.2. The molecule has 1 aliphatic heterocycles. The number of nitrogens with zero attached hydrogens (tertiary/aromatic N) is 2. The van der Waals surface area contributed by atoms with Gasteiger partial charge < -0.3 is 10.6 Å². The number of benzene rings is 2. The van der Waals surface area contributed by atoms with Gasteiger partial charge in [0.25, 0.3) is 11.8 Å². The van der Waals surface area contributed by atoms with Crippen LogP contribution in [0.5, 0.6) is 0 Å². The van der Waals surface area contributed by atoms with Crippen LogP contribution >= 0.6 is 0 Å². The molecule has 8 nitrogen and oxygen atoms in total. The lowest BCUT2D eigenvalue weighted by atomic mass is 10.1. The summed E-state index contributed by atoms with van der Waals surface area (Å²) in [4.78, 5) is 27.5. The van der Waals surface area contributed by atoms with E-state index in [2.05, 4.69) is 15.5 Å². The molecule has 0 bridgehead atoms. The van der Waals surface area contributed by atoms with Crippen molar-refractivity contribution >= 4 is 27.5 Å². The number of anilines is 1. The standard InChI is InChI=1S/C23H30N4O4S/c1-17(2)24-23(29)20-9-4-5-10-21(20)25-22(28)19-8-6-7-18(15-19)16-26-11-13-27(14-12-26)32(3,30)31/h4-10,15,17H,11-14,16H2,1-3H3,(H,24,29)(H,25,28). The van der Waals surface area contributed by atoms with E-state index in [1.165, 1.54) is 10.6 Å². The maximum absolute atomic E-state index is 12.9. The number of rotatable bonds is 7. The molecule has 0 aliphatic carbocycles. The first-order valence-electron chi connectivity index (χ1n) is 10.6. The van der Waals surface area contributed by atoms with E-state index in [0.717, 1.165) is 5.56 Å². The molecule has 2 aromatic rings. The van der Waals surface area contributed by atoms with Crippen LogP contribution in [0.4, 0.5) is 5.69 Å². The van der Waals surface area contributed by atoms with Gasteiger partial charge in [-0.2, -0.15) is 4.31 Å². The second-order valence-corrected chi connectivity index (χ2v) is 10.2. The van der Waals surface area contributed by atoms with Crippen molar-refractivity contribution in [3.8, 4) is 0 Å². The van der Waals surface area contributed by atoms with E-state index in [1.807, 2.05) is 32.0 Å². The van der Waals surface area contributed by atoms with Gasteiger partial charge in [-0.1, -0.05) is 24.3 Å². The number of hydrogen-bond acceptors (Lipinski definition) is 5. The first-order chi connectivity index (χ1) is 15.1. The largest absolute Gasteiger partial charge is 0.350 e. The summed E-state index contributed by atoms with van der Waals surface area (Å²) < 4.78 is 24.8. The molecule has 0 aromatic heterocycles. The van der Waals surface area contributed by atoms with Gasteiger partial charge in [-0.15, -0.1) is 0 Å². The van der Waals surface area contributed by atoms with E-state index in [1.54, 1.807) is 30.3 Å². The van der Waals surface area contributed by atoms with Gasteiger partial charge in [0.15, 0.2) is 0 Å². The number of amides is 2. The van der Waals surface area contributed by atoms with E-state index in [4.69, 9.17) is 0 Å². The Hall–Kier alpha value is -2.75. The van der Waals surface area contributed by atoms with E-state index in [0.29, 0.717) is 49.5 Å². The van der Waals surface area contributed by atoms with Crippen LogP contribution in [-0.2, 0) is 16.6 Å². The van der Waals surface area contributed by atoms with Gasteiger partial charge in [0.05, 0.1) is 17.5 Å². The lowest BCUT2D eigenvalue weighted by Crippen LogP contribution is -2.47. The van der Waals surface area contributed by atoms with E-state index in [9.17, 15) is 18.0 Å². The fourth-order valence-corrected chi connectivity index (χ4v) is 4.44. The Morgan fingerprint density at radius 1 is 0.969 bits per heavy atom. The fourth-order valence-electron chi connectivity index (χ4n) is 3.61. The van der Waals surface area contributed by atoms with Crippen molar-refractivity contribution in [3.63, 3.8) is 0 Å². The minimum atomic E-state index is -3.16. The summed E-state index contributed by atoms with van der Waals surface area (Å²) in [5.41, 5.74) is 2.33. The Bertz CT molecular complexity index is 1080. The monoisotopic (exact) mass is 458 g/mol. The summed E-state index contributed by atoms with van der Waals surface area (Å²) >= 11 is 0. The third-order valence-corrected chi connectivity index (χ3v) is 6.54. The first kappa shape index (κ1) is 23.9. The van der Waals surface area contributed by atoms with Gasteiger partial charge in [-0.3, -0.25) is 14.5 Å². The van der Waals surface area contributed by atoms with Crippen molar-refractivity contribution in [2.45, 2.75) is 26.4 Å². The molecule has 0 spiro atoms. The van der Waals surface area contributed by atoms with E-state index in [-0.39, 0.29) is 17.9 Å².